The first-order chi connectivity index (χ1) is 7.87. The third-order valence-electron chi connectivity index (χ3n) is 2.32. The van der Waals surface area contributed by atoms with Crippen molar-refractivity contribution in [2.45, 2.75) is 38.0 Å². The molecule has 7 heteroatoms. The van der Waals surface area contributed by atoms with Crippen LogP contribution in [0, 0.1) is 0 Å². The van der Waals surface area contributed by atoms with Crippen LogP contribution in [0.3, 0.4) is 0 Å². The lowest BCUT2D eigenvalue weighted by Crippen LogP contribution is -2.38. The molecule has 1 saturated heterocycles. The van der Waals surface area contributed by atoms with E-state index in [2.05, 4.69) is 28.9 Å². The molecule has 5 nitrogen and oxygen atoms in total. The molecule has 0 spiro atoms. The van der Waals surface area contributed by atoms with Gasteiger partial charge in [-0.3, -0.25) is 4.99 Å². The van der Waals surface area contributed by atoms with Gasteiger partial charge in [-0.05, 0) is 19.8 Å². The van der Waals surface area contributed by atoms with Crippen molar-refractivity contribution in [1.82, 2.24) is 10.0 Å². The molecule has 0 aromatic rings. The molecular weight excluding hydrogens is 258 g/mol. The van der Waals surface area contributed by atoms with Crippen molar-refractivity contribution >= 4 is 27.0 Å². The van der Waals surface area contributed by atoms with Crippen LogP contribution in [0.15, 0.2) is 4.99 Å². The Morgan fingerprint density at radius 2 is 2.24 bits per heavy atom. The zero-order valence-electron chi connectivity index (χ0n) is 10.6. The molecule has 17 heavy (non-hydrogen) atoms. The van der Waals surface area contributed by atoms with E-state index in [1.807, 2.05) is 0 Å². The van der Waals surface area contributed by atoms with E-state index >= 15 is 0 Å². The van der Waals surface area contributed by atoms with Crippen molar-refractivity contribution in [2.24, 2.45) is 4.99 Å². The van der Waals surface area contributed by atoms with E-state index < -0.39 is 10.0 Å². The number of hydrogen-bond acceptors (Lipinski definition) is 4. The van der Waals surface area contributed by atoms with Gasteiger partial charge in [0.25, 0.3) is 0 Å². The van der Waals surface area contributed by atoms with Gasteiger partial charge in [0.15, 0.2) is 5.17 Å². The Morgan fingerprint density at radius 3 is 2.82 bits per heavy atom. The van der Waals surface area contributed by atoms with Gasteiger partial charge >= 0.3 is 0 Å². The van der Waals surface area contributed by atoms with Gasteiger partial charge in [-0.1, -0.05) is 18.7 Å². The molecule has 0 bridgehead atoms. The normalized spacial score (nSPS) is 28.1. The first kappa shape index (κ1) is 14.8. The van der Waals surface area contributed by atoms with Crippen molar-refractivity contribution < 1.29 is 8.42 Å². The van der Waals surface area contributed by atoms with Gasteiger partial charge in [0.2, 0.25) is 10.0 Å². The molecule has 1 aliphatic heterocycles. The molecule has 1 fully saturated rings. The molecule has 0 radical (unpaired) electrons. The minimum atomic E-state index is -3.07. The first-order valence-corrected chi connectivity index (χ1v) is 8.56. The molecule has 1 aliphatic rings. The maximum atomic E-state index is 10.8. The number of amidine groups is 1. The summed E-state index contributed by atoms with van der Waals surface area (Å²) >= 11 is 1.75. The predicted molar refractivity (Wildman–Crippen MR) is 74.0 cm³/mol. The van der Waals surface area contributed by atoms with Crippen LogP contribution in [0.2, 0.25) is 0 Å². The minimum Gasteiger partial charge on any atom is -0.362 e. The third kappa shape index (κ3) is 6.90. The van der Waals surface area contributed by atoms with Crippen molar-refractivity contribution in [1.29, 1.82) is 0 Å². The van der Waals surface area contributed by atoms with E-state index in [1.54, 1.807) is 11.8 Å². The van der Waals surface area contributed by atoms with Crippen molar-refractivity contribution in [3.63, 3.8) is 0 Å². The van der Waals surface area contributed by atoms with Crippen LogP contribution >= 0.6 is 11.8 Å². The van der Waals surface area contributed by atoms with E-state index in [0.717, 1.165) is 18.0 Å². The van der Waals surface area contributed by atoms with Crippen LogP contribution in [0.1, 0.15) is 26.7 Å². The van der Waals surface area contributed by atoms with Gasteiger partial charge in [0.05, 0.1) is 6.26 Å². The maximum Gasteiger partial charge on any atom is 0.208 e. The summed E-state index contributed by atoms with van der Waals surface area (Å²) in [6.45, 7) is 5.45. The smallest absolute Gasteiger partial charge is 0.208 e. The van der Waals surface area contributed by atoms with Gasteiger partial charge in [0, 0.05) is 24.4 Å². The highest BCUT2D eigenvalue weighted by molar-refractivity contribution is 8.14. The lowest BCUT2D eigenvalue weighted by Gasteiger charge is -2.26. The van der Waals surface area contributed by atoms with E-state index in [0.29, 0.717) is 24.4 Å². The number of nitrogens with one attached hydrogen (secondary N) is 2. The highest BCUT2D eigenvalue weighted by Gasteiger charge is 2.19. The van der Waals surface area contributed by atoms with Crippen LogP contribution < -0.4 is 10.0 Å². The second-order valence-corrected chi connectivity index (χ2v) is 7.68. The molecule has 100 valence electrons. The number of thioether (sulfide) groups is 1. The number of hydrogen-bond donors (Lipinski definition) is 2. The maximum absolute atomic E-state index is 10.8. The first-order valence-electron chi connectivity index (χ1n) is 5.79. The summed E-state index contributed by atoms with van der Waals surface area (Å²) in [5, 5.41) is 4.91. The summed E-state index contributed by atoms with van der Waals surface area (Å²) < 4.78 is 24.1. The van der Waals surface area contributed by atoms with Gasteiger partial charge in [0.1, 0.15) is 0 Å². The van der Waals surface area contributed by atoms with E-state index in [9.17, 15) is 8.42 Å². The molecule has 0 aliphatic carbocycles. The van der Waals surface area contributed by atoms with Crippen LogP contribution in [-0.2, 0) is 10.0 Å². The molecule has 2 atom stereocenters. The number of rotatable bonds is 5. The molecule has 0 saturated carbocycles. The molecule has 2 unspecified atom stereocenters. The quantitative estimate of drug-likeness (QED) is 0.730. The third-order valence-corrected chi connectivity index (χ3v) is 4.12. The van der Waals surface area contributed by atoms with Crippen molar-refractivity contribution in [2.75, 3.05) is 19.3 Å². The fourth-order valence-corrected chi connectivity index (χ4v) is 3.36. The number of nitrogens with zero attached hydrogens (tertiary/aromatic N) is 1. The Morgan fingerprint density at radius 1 is 1.53 bits per heavy atom. The Bertz CT molecular complexity index is 356. The summed E-state index contributed by atoms with van der Waals surface area (Å²) in [7, 11) is -3.07. The number of aliphatic imine (C=N–C) groups is 1. The Hall–Kier alpha value is -0.270. The van der Waals surface area contributed by atoms with E-state index in [1.165, 1.54) is 6.26 Å². The largest absolute Gasteiger partial charge is 0.362 e. The SMILES string of the molecule is CC1CC(C)SC(=NCCCNS(C)(=O)=O)N1. The molecule has 0 amide bonds. The predicted octanol–water partition coefficient (Wildman–Crippen LogP) is 0.785. The van der Waals surface area contributed by atoms with Gasteiger partial charge in [-0.2, -0.15) is 0 Å². The summed E-state index contributed by atoms with van der Waals surface area (Å²) in [6.07, 6.45) is 3.04. The van der Waals surface area contributed by atoms with E-state index in [-0.39, 0.29) is 0 Å². The molecule has 2 N–H and O–H groups in total. The Kier molecular flexibility index (Phi) is 5.75. The van der Waals surface area contributed by atoms with Gasteiger partial charge in [-0.15, -0.1) is 0 Å². The zero-order valence-corrected chi connectivity index (χ0v) is 12.2. The van der Waals surface area contributed by atoms with Gasteiger partial charge in [-0.25, -0.2) is 13.1 Å². The number of sulfonamides is 1. The second-order valence-electron chi connectivity index (χ2n) is 4.42. The van der Waals surface area contributed by atoms with Crippen LogP contribution in [0.4, 0.5) is 0 Å². The average molecular weight is 279 g/mol. The Labute approximate surface area is 108 Å². The van der Waals surface area contributed by atoms with Crippen molar-refractivity contribution in [3.8, 4) is 0 Å². The molecule has 0 aromatic heterocycles. The molecular formula is C10H21N3O2S2. The van der Waals surface area contributed by atoms with Crippen LogP contribution in [0.5, 0.6) is 0 Å². The fourth-order valence-electron chi connectivity index (χ4n) is 1.64. The highest BCUT2D eigenvalue weighted by atomic mass is 32.2. The monoisotopic (exact) mass is 279 g/mol. The summed E-state index contributed by atoms with van der Waals surface area (Å²) in [6, 6.07) is 0.471. The van der Waals surface area contributed by atoms with Crippen LogP contribution in [-0.4, -0.2) is 44.2 Å². The van der Waals surface area contributed by atoms with Crippen LogP contribution in [0.25, 0.3) is 0 Å². The second kappa shape index (κ2) is 6.61. The summed E-state index contributed by atoms with van der Waals surface area (Å²) in [5.41, 5.74) is 0. The molecule has 1 rings (SSSR count). The Balaban J connectivity index is 2.24. The molecule has 1 heterocycles. The van der Waals surface area contributed by atoms with Crippen molar-refractivity contribution in [3.05, 3.63) is 0 Å². The van der Waals surface area contributed by atoms with E-state index in [4.69, 9.17) is 0 Å². The fraction of sp³-hybridized carbons (Fsp3) is 0.900. The van der Waals surface area contributed by atoms with Gasteiger partial charge < -0.3 is 5.32 Å². The highest BCUT2D eigenvalue weighted by Crippen LogP contribution is 2.22. The lowest BCUT2D eigenvalue weighted by atomic mass is 10.2. The topological polar surface area (TPSA) is 70.6 Å². The summed E-state index contributed by atoms with van der Waals surface area (Å²) in [5.74, 6) is 0. The zero-order chi connectivity index (χ0) is 12.9. The average Bonchev–Trinajstić information content (AvgIpc) is 2.13. The lowest BCUT2D eigenvalue weighted by molar-refractivity contribution is 0.585. The summed E-state index contributed by atoms with van der Waals surface area (Å²) in [4.78, 5) is 4.44. The standard InChI is InChI=1S/C10H21N3O2S2/c1-8-7-9(2)16-10(13-8)11-5-4-6-12-17(3,14)15/h8-9,12H,4-7H2,1-3H3,(H,11,13). The molecule has 0 aromatic carbocycles. The minimum absolute atomic E-state index is 0.450.